The van der Waals surface area contributed by atoms with E-state index >= 15 is 0 Å². The summed E-state index contributed by atoms with van der Waals surface area (Å²) in [6.45, 7) is 0.350. The number of nitrogens with one attached hydrogen (secondary N) is 1. The average molecular weight is 339 g/mol. The molecule has 1 aliphatic rings. The second-order valence-electron chi connectivity index (χ2n) is 6.32. The lowest BCUT2D eigenvalue weighted by Gasteiger charge is -2.25. The van der Waals surface area contributed by atoms with Crippen LogP contribution in [0.25, 0.3) is 0 Å². The molecule has 2 aromatic carbocycles. The minimum absolute atomic E-state index is 0.00934. The minimum Gasteiger partial charge on any atom is -0.479 e. The van der Waals surface area contributed by atoms with Crippen LogP contribution in [-0.4, -0.2) is 35.7 Å². The molecule has 0 aromatic heterocycles. The van der Waals surface area contributed by atoms with Crippen LogP contribution >= 0.6 is 0 Å². The zero-order valence-electron chi connectivity index (χ0n) is 13.9. The maximum Gasteiger partial charge on any atom is 0.331 e. The van der Waals surface area contributed by atoms with Gasteiger partial charge in [-0.05, 0) is 11.1 Å². The Morgan fingerprint density at radius 2 is 1.60 bits per heavy atom. The third kappa shape index (κ3) is 3.88. The summed E-state index contributed by atoms with van der Waals surface area (Å²) in [6, 6.07) is 19.5. The van der Waals surface area contributed by atoms with Gasteiger partial charge in [-0.2, -0.15) is 0 Å². The van der Waals surface area contributed by atoms with Crippen molar-refractivity contribution in [2.75, 3.05) is 13.2 Å². The quantitative estimate of drug-likeness (QED) is 0.848. The number of aliphatic carboxylic acids is 1. The lowest BCUT2D eigenvalue weighted by atomic mass is 9.87. The molecule has 0 saturated carbocycles. The van der Waals surface area contributed by atoms with Gasteiger partial charge in [-0.25, -0.2) is 4.79 Å². The van der Waals surface area contributed by atoms with E-state index in [0.717, 1.165) is 11.1 Å². The van der Waals surface area contributed by atoms with Crippen LogP contribution in [0, 0.1) is 0 Å². The third-order valence-electron chi connectivity index (χ3n) is 4.60. The summed E-state index contributed by atoms with van der Waals surface area (Å²) < 4.78 is 5.20. The van der Waals surface area contributed by atoms with Crippen LogP contribution < -0.4 is 5.32 Å². The topological polar surface area (TPSA) is 75.6 Å². The fraction of sp³-hybridized carbons (Fsp3) is 0.300. The Kier molecular flexibility index (Phi) is 5.14. The second kappa shape index (κ2) is 7.49. The molecule has 1 atom stereocenters. The first-order valence-corrected chi connectivity index (χ1v) is 8.33. The molecule has 3 rings (SSSR count). The predicted molar refractivity (Wildman–Crippen MR) is 93.3 cm³/mol. The molecule has 2 N–H and O–H groups in total. The number of carbonyl (C=O) groups is 2. The number of benzene rings is 2. The summed E-state index contributed by atoms with van der Waals surface area (Å²) in [4.78, 5) is 24.2. The minimum atomic E-state index is -1.31. The van der Waals surface area contributed by atoms with Gasteiger partial charge in [0.15, 0.2) is 5.54 Å². The SMILES string of the molecule is O=C(CC(c1ccccc1)c1ccccc1)NC1(C(=O)O)CCOC1. The first kappa shape index (κ1) is 17.2. The van der Waals surface area contributed by atoms with Crippen molar-refractivity contribution in [3.8, 4) is 0 Å². The summed E-state index contributed by atoms with van der Waals surface area (Å²) in [7, 11) is 0. The number of carboxylic acid groups (broad SMARTS) is 1. The van der Waals surface area contributed by atoms with Crippen LogP contribution in [0.5, 0.6) is 0 Å². The van der Waals surface area contributed by atoms with E-state index in [-0.39, 0.29) is 31.3 Å². The standard InChI is InChI=1S/C20H21NO4/c22-18(21-20(19(23)24)11-12-25-14-20)13-17(15-7-3-1-4-8-15)16-9-5-2-6-10-16/h1-10,17H,11-14H2,(H,21,22)(H,23,24). The van der Waals surface area contributed by atoms with Crippen molar-refractivity contribution in [1.29, 1.82) is 0 Å². The summed E-state index contributed by atoms with van der Waals surface area (Å²) in [5, 5.41) is 12.2. The number of hydrogen-bond acceptors (Lipinski definition) is 3. The number of rotatable bonds is 6. The highest BCUT2D eigenvalue weighted by molar-refractivity contribution is 5.88. The van der Waals surface area contributed by atoms with Gasteiger partial charge >= 0.3 is 5.97 Å². The lowest BCUT2D eigenvalue weighted by molar-refractivity contribution is -0.147. The first-order valence-electron chi connectivity index (χ1n) is 8.33. The fourth-order valence-electron chi connectivity index (χ4n) is 3.19. The molecule has 2 aromatic rings. The maximum atomic E-state index is 12.6. The second-order valence-corrected chi connectivity index (χ2v) is 6.32. The van der Waals surface area contributed by atoms with E-state index in [0.29, 0.717) is 6.61 Å². The number of hydrogen-bond donors (Lipinski definition) is 2. The molecular formula is C20H21NO4. The molecule has 0 spiro atoms. The Morgan fingerprint density at radius 1 is 1.04 bits per heavy atom. The molecule has 1 fully saturated rings. The van der Waals surface area contributed by atoms with Crippen molar-refractivity contribution >= 4 is 11.9 Å². The summed E-state index contributed by atoms with van der Waals surface area (Å²) in [5.74, 6) is -1.46. The van der Waals surface area contributed by atoms with Crippen LogP contribution in [0.2, 0.25) is 0 Å². The molecule has 5 nitrogen and oxygen atoms in total. The molecule has 0 aliphatic carbocycles. The van der Waals surface area contributed by atoms with E-state index in [2.05, 4.69) is 5.32 Å². The highest BCUT2D eigenvalue weighted by Gasteiger charge is 2.44. The third-order valence-corrected chi connectivity index (χ3v) is 4.60. The Hall–Kier alpha value is -2.66. The fourth-order valence-corrected chi connectivity index (χ4v) is 3.19. The summed E-state index contributed by atoms with van der Waals surface area (Å²) >= 11 is 0. The van der Waals surface area contributed by atoms with Crippen LogP contribution in [0.3, 0.4) is 0 Å². The van der Waals surface area contributed by atoms with E-state index < -0.39 is 11.5 Å². The molecular weight excluding hydrogens is 318 g/mol. The van der Waals surface area contributed by atoms with E-state index in [1.165, 1.54) is 0 Å². The van der Waals surface area contributed by atoms with Crippen molar-refractivity contribution in [2.24, 2.45) is 0 Å². The van der Waals surface area contributed by atoms with Crippen molar-refractivity contribution < 1.29 is 19.4 Å². The number of carbonyl (C=O) groups excluding carboxylic acids is 1. The van der Waals surface area contributed by atoms with Gasteiger partial charge in [0.2, 0.25) is 5.91 Å². The van der Waals surface area contributed by atoms with Gasteiger partial charge in [-0.1, -0.05) is 60.7 Å². The van der Waals surface area contributed by atoms with Crippen molar-refractivity contribution in [2.45, 2.75) is 24.3 Å². The van der Waals surface area contributed by atoms with E-state index in [4.69, 9.17) is 4.74 Å². The lowest BCUT2D eigenvalue weighted by Crippen LogP contribution is -2.55. The normalized spacial score (nSPS) is 19.7. The average Bonchev–Trinajstić information content (AvgIpc) is 3.11. The van der Waals surface area contributed by atoms with Gasteiger partial charge in [-0.15, -0.1) is 0 Å². The van der Waals surface area contributed by atoms with Crippen LogP contribution in [-0.2, 0) is 14.3 Å². The van der Waals surface area contributed by atoms with Crippen LogP contribution in [0.4, 0.5) is 0 Å². The Labute approximate surface area is 146 Å². The zero-order valence-corrected chi connectivity index (χ0v) is 13.9. The van der Waals surface area contributed by atoms with Gasteiger partial charge in [0.05, 0.1) is 6.61 Å². The van der Waals surface area contributed by atoms with Gasteiger partial charge in [0.1, 0.15) is 0 Å². The molecule has 1 aliphatic heterocycles. The van der Waals surface area contributed by atoms with Crippen LogP contribution in [0.15, 0.2) is 60.7 Å². The number of amides is 1. The highest BCUT2D eigenvalue weighted by Crippen LogP contribution is 2.28. The first-order chi connectivity index (χ1) is 12.1. The highest BCUT2D eigenvalue weighted by atomic mass is 16.5. The Bertz CT molecular complexity index is 684. The van der Waals surface area contributed by atoms with E-state index in [9.17, 15) is 14.7 Å². The molecule has 1 unspecified atom stereocenters. The number of carboxylic acids is 1. The maximum absolute atomic E-state index is 12.6. The van der Waals surface area contributed by atoms with Gasteiger partial charge < -0.3 is 15.2 Å². The molecule has 25 heavy (non-hydrogen) atoms. The van der Waals surface area contributed by atoms with E-state index in [1.807, 2.05) is 60.7 Å². The monoisotopic (exact) mass is 339 g/mol. The smallest absolute Gasteiger partial charge is 0.331 e. The molecule has 1 heterocycles. The molecule has 0 radical (unpaired) electrons. The summed E-state index contributed by atoms with van der Waals surface area (Å²) in [5.41, 5.74) is 0.737. The van der Waals surface area contributed by atoms with E-state index in [1.54, 1.807) is 0 Å². The summed E-state index contributed by atoms with van der Waals surface area (Å²) in [6.07, 6.45) is 0.471. The molecule has 130 valence electrons. The Balaban J connectivity index is 1.81. The number of ether oxygens (including phenoxy) is 1. The zero-order chi connectivity index (χ0) is 17.7. The Morgan fingerprint density at radius 3 is 2.04 bits per heavy atom. The van der Waals surface area contributed by atoms with Crippen molar-refractivity contribution in [3.63, 3.8) is 0 Å². The largest absolute Gasteiger partial charge is 0.479 e. The van der Waals surface area contributed by atoms with Gasteiger partial charge in [-0.3, -0.25) is 4.79 Å². The molecule has 5 heteroatoms. The molecule has 1 saturated heterocycles. The van der Waals surface area contributed by atoms with Gasteiger partial charge in [0.25, 0.3) is 0 Å². The molecule has 1 amide bonds. The predicted octanol–water partition coefficient (Wildman–Crippen LogP) is 2.57. The van der Waals surface area contributed by atoms with Crippen molar-refractivity contribution in [3.05, 3.63) is 71.8 Å². The van der Waals surface area contributed by atoms with Crippen LogP contribution in [0.1, 0.15) is 29.9 Å². The van der Waals surface area contributed by atoms with Crippen molar-refractivity contribution in [1.82, 2.24) is 5.32 Å². The molecule has 0 bridgehead atoms. The van der Waals surface area contributed by atoms with Gasteiger partial charge in [0, 0.05) is 25.4 Å².